The molecule has 1 aliphatic heterocycles. The molecule has 0 spiro atoms. The number of phenolic OH excluding ortho intramolecular Hbond substituents is 1. The fraction of sp³-hybridized carbons (Fsp3) is 0.211. The van der Waals surface area contributed by atoms with E-state index in [2.05, 4.69) is 0 Å². The van der Waals surface area contributed by atoms with Crippen molar-refractivity contribution in [1.82, 2.24) is 0 Å². The van der Waals surface area contributed by atoms with Crippen LogP contribution in [0.1, 0.15) is 46.5 Å². The molecule has 2 aromatic heterocycles. The van der Waals surface area contributed by atoms with Crippen molar-refractivity contribution in [3.8, 4) is 11.5 Å². The minimum absolute atomic E-state index is 0.0462. The second kappa shape index (κ2) is 5.59. The van der Waals surface area contributed by atoms with E-state index < -0.39 is 23.3 Å². The van der Waals surface area contributed by atoms with Crippen LogP contribution in [0.5, 0.6) is 11.5 Å². The van der Waals surface area contributed by atoms with Gasteiger partial charge in [-0.25, -0.2) is 4.79 Å². The van der Waals surface area contributed by atoms with E-state index in [0.717, 1.165) is 0 Å². The van der Waals surface area contributed by atoms with Crippen molar-refractivity contribution < 1.29 is 28.3 Å². The van der Waals surface area contributed by atoms with Gasteiger partial charge in [-0.05, 0) is 31.5 Å². The number of aromatic hydroxyl groups is 1. The van der Waals surface area contributed by atoms with Gasteiger partial charge in [0.1, 0.15) is 22.7 Å². The summed E-state index contributed by atoms with van der Waals surface area (Å²) in [4.78, 5) is 36.3. The summed E-state index contributed by atoms with van der Waals surface area (Å²) < 4.78 is 16.1. The Morgan fingerprint density at radius 3 is 2.73 bits per heavy atom. The molecule has 7 heteroatoms. The number of Topliss-reactive ketones (excluding diaryl/α,β-unsaturated/α-hetero) is 1. The summed E-state index contributed by atoms with van der Waals surface area (Å²) in [5.74, 6) is -1.65. The molecule has 0 unspecified atom stereocenters. The molecule has 1 N–H and O–H groups in total. The van der Waals surface area contributed by atoms with Gasteiger partial charge < -0.3 is 18.7 Å². The van der Waals surface area contributed by atoms with Gasteiger partial charge in [-0.15, -0.1) is 0 Å². The van der Waals surface area contributed by atoms with E-state index in [-0.39, 0.29) is 34.5 Å². The van der Waals surface area contributed by atoms with Gasteiger partial charge >= 0.3 is 11.6 Å². The van der Waals surface area contributed by atoms with Crippen LogP contribution in [0, 0.1) is 6.92 Å². The average Bonchev–Trinajstić information content (AvgIpc) is 3.07. The Hall–Kier alpha value is -3.35. The standard InChI is InChI=1S/C19H14O7/c1-8-6-12(21)25-18-14(8)17(23)15(9(2)20)19-16(18)10(7-13(22)26-19)11-4-3-5-24-11/h3-6,10,23H,7H2,1-2H3/t10-/m1/s1. The highest BCUT2D eigenvalue weighted by Crippen LogP contribution is 2.49. The fourth-order valence-corrected chi connectivity index (χ4v) is 3.47. The topological polar surface area (TPSA) is 107 Å². The lowest BCUT2D eigenvalue weighted by atomic mass is 9.85. The number of hydrogen-bond acceptors (Lipinski definition) is 7. The zero-order valence-corrected chi connectivity index (χ0v) is 14.0. The first-order valence-corrected chi connectivity index (χ1v) is 7.96. The van der Waals surface area contributed by atoms with Gasteiger partial charge in [0.15, 0.2) is 11.5 Å². The number of benzene rings is 1. The molecule has 0 aliphatic carbocycles. The molecule has 0 amide bonds. The summed E-state index contributed by atoms with van der Waals surface area (Å²) in [5, 5.41) is 10.9. The van der Waals surface area contributed by atoms with Crippen molar-refractivity contribution in [1.29, 1.82) is 0 Å². The van der Waals surface area contributed by atoms with Crippen molar-refractivity contribution in [3.63, 3.8) is 0 Å². The number of esters is 1. The molecule has 0 saturated heterocycles. The Kier molecular flexibility index (Phi) is 3.47. The van der Waals surface area contributed by atoms with Gasteiger partial charge in [-0.3, -0.25) is 9.59 Å². The van der Waals surface area contributed by atoms with Crippen molar-refractivity contribution in [2.45, 2.75) is 26.2 Å². The van der Waals surface area contributed by atoms with Crippen LogP contribution < -0.4 is 10.4 Å². The van der Waals surface area contributed by atoms with Gasteiger partial charge in [-0.2, -0.15) is 0 Å². The average molecular weight is 354 g/mol. The van der Waals surface area contributed by atoms with Gasteiger partial charge in [-0.1, -0.05) is 0 Å². The van der Waals surface area contributed by atoms with Crippen LogP contribution in [0.4, 0.5) is 0 Å². The molecule has 4 rings (SSSR count). The first-order chi connectivity index (χ1) is 12.4. The summed E-state index contributed by atoms with van der Waals surface area (Å²) in [7, 11) is 0. The van der Waals surface area contributed by atoms with E-state index >= 15 is 0 Å². The Bertz CT molecular complexity index is 1120. The fourth-order valence-electron chi connectivity index (χ4n) is 3.47. The lowest BCUT2D eigenvalue weighted by Crippen LogP contribution is -2.23. The van der Waals surface area contributed by atoms with E-state index in [1.807, 2.05) is 0 Å². The molecule has 7 nitrogen and oxygen atoms in total. The molecular formula is C19H14O7. The summed E-state index contributed by atoms with van der Waals surface area (Å²) >= 11 is 0. The summed E-state index contributed by atoms with van der Waals surface area (Å²) in [6, 6.07) is 4.59. The van der Waals surface area contributed by atoms with Crippen LogP contribution in [-0.4, -0.2) is 16.9 Å². The number of rotatable bonds is 2. The molecule has 3 aromatic rings. The number of hydrogen-bond donors (Lipinski definition) is 1. The van der Waals surface area contributed by atoms with E-state index in [0.29, 0.717) is 16.9 Å². The number of carbonyl (C=O) groups excluding carboxylic acids is 2. The highest BCUT2D eigenvalue weighted by molar-refractivity contribution is 6.08. The summed E-state index contributed by atoms with van der Waals surface area (Å²) in [6.07, 6.45) is 1.42. The van der Waals surface area contributed by atoms with Crippen LogP contribution in [0.2, 0.25) is 0 Å². The number of carbonyl (C=O) groups is 2. The Morgan fingerprint density at radius 2 is 2.08 bits per heavy atom. The van der Waals surface area contributed by atoms with Gasteiger partial charge in [0, 0.05) is 6.07 Å². The predicted octanol–water partition coefficient (Wildman–Crippen LogP) is 3.04. The monoisotopic (exact) mass is 354 g/mol. The number of aryl methyl sites for hydroxylation is 1. The molecule has 0 fully saturated rings. The molecule has 3 heterocycles. The Labute approximate surface area is 146 Å². The Balaban J connectivity index is 2.22. The summed E-state index contributed by atoms with van der Waals surface area (Å²) in [6.45, 7) is 2.89. The van der Waals surface area contributed by atoms with E-state index in [1.165, 1.54) is 19.3 Å². The molecule has 1 aromatic carbocycles. The maximum Gasteiger partial charge on any atom is 0.336 e. The number of phenols is 1. The SMILES string of the molecule is CC(=O)c1c2c(c3oc(=O)cc(C)c3c1O)[C@@H](c1ccco1)CC(=O)O2. The zero-order chi connectivity index (χ0) is 18.6. The predicted molar refractivity (Wildman–Crippen MR) is 89.7 cm³/mol. The molecule has 1 atom stereocenters. The first-order valence-electron chi connectivity index (χ1n) is 7.96. The lowest BCUT2D eigenvalue weighted by molar-refractivity contribution is -0.135. The molecule has 0 saturated carbocycles. The van der Waals surface area contributed by atoms with Gasteiger partial charge in [0.25, 0.3) is 0 Å². The summed E-state index contributed by atoms with van der Waals surface area (Å²) in [5.41, 5.74) is 0.158. The van der Waals surface area contributed by atoms with Crippen LogP contribution in [-0.2, 0) is 4.79 Å². The van der Waals surface area contributed by atoms with Crippen LogP contribution in [0.15, 0.2) is 38.1 Å². The highest BCUT2D eigenvalue weighted by Gasteiger charge is 2.38. The third-order valence-corrected chi connectivity index (χ3v) is 4.52. The molecule has 132 valence electrons. The molecular weight excluding hydrogens is 340 g/mol. The maximum absolute atomic E-state index is 12.2. The molecule has 0 bridgehead atoms. The third-order valence-electron chi connectivity index (χ3n) is 4.52. The number of ketones is 1. The van der Waals surface area contributed by atoms with Gasteiger partial charge in [0.2, 0.25) is 0 Å². The Morgan fingerprint density at radius 1 is 1.31 bits per heavy atom. The highest BCUT2D eigenvalue weighted by atomic mass is 16.5. The van der Waals surface area contributed by atoms with Crippen molar-refractivity contribution in [2.24, 2.45) is 0 Å². The quantitative estimate of drug-likeness (QED) is 0.326. The second-order valence-corrected chi connectivity index (χ2v) is 6.22. The smallest absolute Gasteiger partial charge is 0.336 e. The second-order valence-electron chi connectivity index (χ2n) is 6.22. The first kappa shape index (κ1) is 16.1. The maximum atomic E-state index is 12.2. The third kappa shape index (κ3) is 2.24. The van der Waals surface area contributed by atoms with Crippen molar-refractivity contribution in [3.05, 3.63) is 57.3 Å². The van der Waals surface area contributed by atoms with E-state index in [9.17, 15) is 19.5 Å². The lowest BCUT2D eigenvalue weighted by Gasteiger charge is -2.26. The van der Waals surface area contributed by atoms with Gasteiger partial charge in [0.05, 0.1) is 29.6 Å². The molecule has 0 radical (unpaired) electrons. The van der Waals surface area contributed by atoms with Crippen LogP contribution in [0.25, 0.3) is 11.0 Å². The number of ether oxygens (including phenoxy) is 1. The van der Waals surface area contributed by atoms with Crippen molar-refractivity contribution >= 4 is 22.7 Å². The van der Waals surface area contributed by atoms with Crippen LogP contribution in [0.3, 0.4) is 0 Å². The number of fused-ring (bicyclic) bond motifs is 3. The number of furan rings is 1. The van der Waals surface area contributed by atoms with E-state index in [4.69, 9.17) is 13.6 Å². The van der Waals surface area contributed by atoms with Crippen LogP contribution >= 0.6 is 0 Å². The zero-order valence-electron chi connectivity index (χ0n) is 14.0. The molecule has 1 aliphatic rings. The molecule has 26 heavy (non-hydrogen) atoms. The largest absolute Gasteiger partial charge is 0.506 e. The van der Waals surface area contributed by atoms with Crippen molar-refractivity contribution in [2.75, 3.05) is 0 Å². The minimum atomic E-state index is -0.609. The van der Waals surface area contributed by atoms with E-state index in [1.54, 1.807) is 19.1 Å². The normalized spacial score (nSPS) is 16.4. The minimum Gasteiger partial charge on any atom is -0.506 e.